The molecular formula is C13H12ClNO3. The third kappa shape index (κ3) is 2.90. The number of hydrogen-bond donors (Lipinski definition) is 0. The van der Waals surface area contributed by atoms with Crippen molar-refractivity contribution in [1.29, 1.82) is 0 Å². The Hall–Kier alpha value is -1.81. The summed E-state index contributed by atoms with van der Waals surface area (Å²) in [6.07, 6.45) is 1.62. The summed E-state index contributed by atoms with van der Waals surface area (Å²) in [5.41, 5.74) is 0.555. The molecule has 1 aromatic heterocycles. The zero-order chi connectivity index (χ0) is 13.1. The largest absolute Gasteiger partial charge is 0.482 e. The molecule has 0 fully saturated rings. The maximum atomic E-state index is 11.2. The van der Waals surface area contributed by atoms with Crippen molar-refractivity contribution in [1.82, 2.24) is 4.98 Å². The SMILES string of the molecule is CC(=O)c1ccc(OCc2ncc(C)o2)c(Cl)c1. The van der Waals surface area contributed by atoms with Crippen LogP contribution in [0.5, 0.6) is 5.75 Å². The number of carbonyl (C=O) groups is 1. The van der Waals surface area contributed by atoms with Crippen LogP contribution in [0.25, 0.3) is 0 Å². The van der Waals surface area contributed by atoms with Crippen LogP contribution in [0.3, 0.4) is 0 Å². The molecule has 0 N–H and O–H groups in total. The molecule has 0 unspecified atom stereocenters. The normalized spacial score (nSPS) is 10.4. The summed E-state index contributed by atoms with van der Waals surface area (Å²) in [4.78, 5) is 15.2. The van der Waals surface area contributed by atoms with Gasteiger partial charge < -0.3 is 9.15 Å². The average molecular weight is 266 g/mol. The van der Waals surface area contributed by atoms with Crippen LogP contribution in [0.15, 0.2) is 28.8 Å². The summed E-state index contributed by atoms with van der Waals surface area (Å²) in [7, 11) is 0. The second-order valence-corrected chi connectivity index (χ2v) is 4.26. The third-order valence-electron chi connectivity index (χ3n) is 2.36. The van der Waals surface area contributed by atoms with Crippen LogP contribution in [0.4, 0.5) is 0 Å². The van der Waals surface area contributed by atoms with Crippen molar-refractivity contribution >= 4 is 17.4 Å². The van der Waals surface area contributed by atoms with E-state index in [2.05, 4.69) is 4.98 Å². The molecular weight excluding hydrogens is 254 g/mol. The molecule has 0 radical (unpaired) electrons. The molecule has 0 aliphatic heterocycles. The highest BCUT2D eigenvalue weighted by Crippen LogP contribution is 2.26. The third-order valence-corrected chi connectivity index (χ3v) is 2.65. The van der Waals surface area contributed by atoms with E-state index < -0.39 is 0 Å². The number of ether oxygens (including phenoxy) is 1. The second-order valence-electron chi connectivity index (χ2n) is 3.85. The lowest BCUT2D eigenvalue weighted by molar-refractivity contribution is 0.101. The van der Waals surface area contributed by atoms with E-state index in [1.54, 1.807) is 24.4 Å². The van der Waals surface area contributed by atoms with Gasteiger partial charge in [-0.2, -0.15) is 0 Å². The Balaban J connectivity index is 2.08. The summed E-state index contributed by atoms with van der Waals surface area (Å²) in [6.45, 7) is 3.50. The molecule has 1 aromatic carbocycles. The van der Waals surface area contributed by atoms with Gasteiger partial charge in [-0.25, -0.2) is 4.98 Å². The number of rotatable bonds is 4. The first-order valence-electron chi connectivity index (χ1n) is 5.41. The number of aryl methyl sites for hydroxylation is 1. The molecule has 0 bridgehead atoms. The van der Waals surface area contributed by atoms with Crippen LogP contribution < -0.4 is 4.74 Å². The first kappa shape index (κ1) is 12.6. The van der Waals surface area contributed by atoms with Crippen LogP contribution in [0, 0.1) is 6.92 Å². The van der Waals surface area contributed by atoms with Gasteiger partial charge in [0, 0.05) is 5.56 Å². The van der Waals surface area contributed by atoms with Crippen molar-refractivity contribution in [3.8, 4) is 5.75 Å². The van der Waals surface area contributed by atoms with Gasteiger partial charge in [0.15, 0.2) is 12.4 Å². The van der Waals surface area contributed by atoms with Crippen LogP contribution in [-0.2, 0) is 6.61 Å². The summed E-state index contributed by atoms with van der Waals surface area (Å²) in [5, 5.41) is 0.394. The molecule has 94 valence electrons. The highest BCUT2D eigenvalue weighted by atomic mass is 35.5. The number of hydrogen-bond acceptors (Lipinski definition) is 4. The summed E-state index contributed by atoms with van der Waals surface area (Å²) < 4.78 is 10.7. The van der Waals surface area contributed by atoms with Crippen LogP contribution in [-0.4, -0.2) is 10.8 Å². The molecule has 0 atom stereocenters. The fourth-order valence-electron chi connectivity index (χ4n) is 1.44. The Morgan fingerprint density at radius 3 is 2.83 bits per heavy atom. The maximum Gasteiger partial charge on any atom is 0.232 e. The Bertz CT molecular complexity index is 577. The Kier molecular flexibility index (Phi) is 3.67. The molecule has 18 heavy (non-hydrogen) atoms. The Morgan fingerprint density at radius 2 is 2.28 bits per heavy atom. The standard InChI is InChI=1S/C13H12ClNO3/c1-8-6-15-13(18-8)7-17-12-4-3-10(9(2)16)5-11(12)14/h3-6H,7H2,1-2H3. The van der Waals surface area contributed by atoms with E-state index in [-0.39, 0.29) is 12.4 Å². The lowest BCUT2D eigenvalue weighted by Gasteiger charge is -2.06. The maximum absolute atomic E-state index is 11.2. The molecule has 0 amide bonds. The number of Topliss-reactive ketones (excluding diaryl/α,β-unsaturated/α-hetero) is 1. The molecule has 0 aliphatic carbocycles. The van der Waals surface area contributed by atoms with Gasteiger partial charge in [-0.1, -0.05) is 11.6 Å². The van der Waals surface area contributed by atoms with E-state index in [0.717, 1.165) is 5.76 Å². The van der Waals surface area contributed by atoms with E-state index >= 15 is 0 Å². The predicted octanol–water partition coefficient (Wildman–Crippen LogP) is 3.42. The Morgan fingerprint density at radius 1 is 1.50 bits per heavy atom. The molecule has 2 rings (SSSR count). The number of carbonyl (C=O) groups excluding carboxylic acids is 1. The second kappa shape index (κ2) is 5.23. The van der Waals surface area contributed by atoms with Crippen LogP contribution >= 0.6 is 11.6 Å². The van der Waals surface area contributed by atoms with E-state index in [1.807, 2.05) is 6.92 Å². The molecule has 0 spiro atoms. The van der Waals surface area contributed by atoms with Gasteiger partial charge in [-0.3, -0.25) is 4.79 Å². The van der Waals surface area contributed by atoms with E-state index in [9.17, 15) is 4.79 Å². The molecule has 0 saturated heterocycles. The molecule has 5 heteroatoms. The quantitative estimate of drug-likeness (QED) is 0.795. The topological polar surface area (TPSA) is 52.3 Å². The van der Waals surface area contributed by atoms with E-state index in [4.69, 9.17) is 20.8 Å². The molecule has 1 heterocycles. The lowest BCUT2D eigenvalue weighted by atomic mass is 10.1. The van der Waals surface area contributed by atoms with Crippen molar-refractivity contribution in [3.63, 3.8) is 0 Å². The molecule has 2 aromatic rings. The number of halogens is 1. The van der Waals surface area contributed by atoms with Crippen molar-refractivity contribution in [2.45, 2.75) is 20.5 Å². The monoisotopic (exact) mass is 265 g/mol. The van der Waals surface area contributed by atoms with Crippen molar-refractivity contribution in [2.24, 2.45) is 0 Å². The zero-order valence-corrected chi connectivity index (χ0v) is 10.8. The Labute approximate surface area is 110 Å². The lowest BCUT2D eigenvalue weighted by Crippen LogP contribution is -1.98. The highest BCUT2D eigenvalue weighted by molar-refractivity contribution is 6.32. The highest BCUT2D eigenvalue weighted by Gasteiger charge is 2.08. The first-order chi connectivity index (χ1) is 8.56. The fourth-order valence-corrected chi connectivity index (χ4v) is 1.68. The van der Waals surface area contributed by atoms with Crippen LogP contribution in [0.2, 0.25) is 5.02 Å². The number of oxazole rings is 1. The molecule has 0 saturated carbocycles. The van der Waals surface area contributed by atoms with Crippen LogP contribution in [0.1, 0.15) is 28.9 Å². The van der Waals surface area contributed by atoms with Gasteiger partial charge in [0.25, 0.3) is 0 Å². The number of nitrogens with zero attached hydrogens (tertiary/aromatic N) is 1. The minimum absolute atomic E-state index is 0.0354. The fraction of sp³-hybridized carbons (Fsp3) is 0.231. The van der Waals surface area contributed by atoms with E-state index in [0.29, 0.717) is 22.2 Å². The average Bonchev–Trinajstić information content (AvgIpc) is 2.73. The van der Waals surface area contributed by atoms with Gasteiger partial charge in [-0.05, 0) is 32.0 Å². The number of benzene rings is 1. The van der Waals surface area contributed by atoms with Gasteiger partial charge >= 0.3 is 0 Å². The minimum atomic E-state index is -0.0354. The van der Waals surface area contributed by atoms with Gasteiger partial charge in [0.05, 0.1) is 11.2 Å². The minimum Gasteiger partial charge on any atom is -0.482 e. The van der Waals surface area contributed by atoms with Gasteiger partial charge in [-0.15, -0.1) is 0 Å². The summed E-state index contributed by atoms with van der Waals surface area (Å²) >= 11 is 6.02. The zero-order valence-electron chi connectivity index (χ0n) is 10.1. The first-order valence-corrected chi connectivity index (χ1v) is 5.78. The number of aromatic nitrogens is 1. The molecule has 0 aliphatic rings. The molecule has 4 nitrogen and oxygen atoms in total. The van der Waals surface area contributed by atoms with Crippen molar-refractivity contribution in [3.05, 3.63) is 46.6 Å². The van der Waals surface area contributed by atoms with Gasteiger partial charge in [0.1, 0.15) is 11.5 Å². The summed E-state index contributed by atoms with van der Waals surface area (Å²) in [6, 6.07) is 4.92. The van der Waals surface area contributed by atoms with Gasteiger partial charge in [0.2, 0.25) is 5.89 Å². The van der Waals surface area contributed by atoms with Crippen molar-refractivity contribution in [2.75, 3.05) is 0 Å². The van der Waals surface area contributed by atoms with Crippen molar-refractivity contribution < 1.29 is 13.9 Å². The number of ketones is 1. The van der Waals surface area contributed by atoms with E-state index in [1.165, 1.54) is 6.92 Å². The smallest absolute Gasteiger partial charge is 0.232 e. The summed E-state index contributed by atoms with van der Waals surface area (Å²) in [5.74, 6) is 1.68. The predicted molar refractivity (Wildman–Crippen MR) is 67.0 cm³/mol.